The van der Waals surface area contributed by atoms with Crippen LogP contribution < -0.4 is 10.6 Å². The lowest BCUT2D eigenvalue weighted by atomic mass is 9.85. The highest BCUT2D eigenvalue weighted by Crippen LogP contribution is 2.42. The highest BCUT2D eigenvalue weighted by Gasteiger charge is 2.40. The molecule has 2 N–H and O–H groups in total. The number of allylic oxidation sites excluding steroid dienone is 5. The molecule has 2 aliphatic carbocycles. The third-order valence-corrected chi connectivity index (χ3v) is 8.76. The second kappa shape index (κ2) is 12.5. The molecule has 0 fully saturated rings. The standard InChI is InChI=1S/C32H42ClN3OS/c1-21(2)34-16-4-18-37-26-12-8-24(9-13-26)32-31-27(28-19-22(3)5-14-29(28)35-31)15-17-36(32)20-30(38)23-6-10-25(33)11-7-23/h5-8,10-12,19,21,29-30,32,34-35,38H,4,9,13-18,20H2,1-3H3. The zero-order valence-electron chi connectivity index (χ0n) is 23.0. The van der Waals surface area contributed by atoms with Gasteiger partial charge in [0.25, 0.3) is 0 Å². The Hall–Kier alpha value is -1.92. The van der Waals surface area contributed by atoms with Gasteiger partial charge in [-0.2, -0.15) is 12.6 Å². The summed E-state index contributed by atoms with van der Waals surface area (Å²) < 4.78 is 6.13. The smallest absolute Gasteiger partial charge is 0.0962 e. The Labute approximate surface area is 239 Å². The summed E-state index contributed by atoms with van der Waals surface area (Å²) >= 11 is 11.2. The molecule has 6 heteroatoms. The summed E-state index contributed by atoms with van der Waals surface area (Å²) in [6.07, 6.45) is 14.5. The molecular formula is C32H42ClN3OS. The molecule has 0 bridgehead atoms. The van der Waals surface area contributed by atoms with Gasteiger partial charge in [0.2, 0.25) is 0 Å². The summed E-state index contributed by atoms with van der Waals surface area (Å²) in [6, 6.07) is 9.32. The van der Waals surface area contributed by atoms with Crippen molar-refractivity contribution in [2.24, 2.45) is 0 Å². The van der Waals surface area contributed by atoms with E-state index in [1.165, 1.54) is 33.6 Å². The van der Waals surface area contributed by atoms with E-state index < -0.39 is 0 Å². The fraction of sp³-hybridized carbons (Fsp3) is 0.500. The molecule has 0 spiro atoms. The van der Waals surface area contributed by atoms with Crippen LogP contribution in [-0.2, 0) is 4.74 Å². The van der Waals surface area contributed by atoms with Gasteiger partial charge in [-0.3, -0.25) is 4.90 Å². The van der Waals surface area contributed by atoms with Crippen molar-refractivity contribution in [1.82, 2.24) is 15.5 Å². The van der Waals surface area contributed by atoms with E-state index in [0.29, 0.717) is 12.1 Å². The van der Waals surface area contributed by atoms with Crippen molar-refractivity contribution in [2.75, 3.05) is 26.2 Å². The largest absolute Gasteiger partial charge is 0.498 e. The number of nitrogens with one attached hydrogen (secondary N) is 2. The van der Waals surface area contributed by atoms with E-state index in [1.807, 2.05) is 12.1 Å². The van der Waals surface area contributed by atoms with Crippen LogP contribution >= 0.6 is 24.2 Å². The maximum Gasteiger partial charge on any atom is 0.0962 e. The summed E-state index contributed by atoms with van der Waals surface area (Å²) in [5.74, 6) is 1.11. The quantitative estimate of drug-likeness (QED) is 0.218. The van der Waals surface area contributed by atoms with Crippen LogP contribution in [-0.4, -0.2) is 49.3 Å². The molecular weight excluding hydrogens is 510 g/mol. The zero-order chi connectivity index (χ0) is 26.6. The van der Waals surface area contributed by atoms with E-state index in [-0.39, 0.29) is 11.3 Å². The number of benzene rings is 1. The van der Waals surface area contributed by atoms with Gasteiger partial charge in [-0.05, 0) is 79.6 Å². The van der Waals surface area contributed by atoms with Gasteiger partial charge >= 0.3 is 0 Å². The monoisotopic (exact) mass is 551 g/mol. The molecule has 1 aromatic carbocycles. The SMILES string of the molecule is CC1=CCC2NC3=C(CCN(CC(S)c4ccc(Cl)cc4)C3C3=CC=C(OCCCNC(C)C)CC3)C2=C1. The third-order valence-electron chi connectivity index (χ3n) is 8.04. The zero-order valence-corrected chi connectivity index (χ0v) is 24.6. The maximum absolute atomic E-state index is 6.15. The van der Waals surface area contributed by atoms with Gasteiger partial charge in [0.15, 0.2) is 0 Å². The first-order chi connectivity index (χ1) is 18.4. The molecule has 2 aliphatic heterocycles. The van der Waals surface area contributed by atoms with Crippen LogP contribution in [0.2, 0.25) is 5.02 Å². The first kappa shape index (κ1) is 27.6. The van der Waals surface area contributed by atoms with Crippen LogP contribution in [0, 0.1) is 0 Å². The summed E-state index contributed by atoms with van der Waals surface area (Å²) in [5, 5.41) is 8.32. The van der Waals surface area contributed by atoms with Gasteiger partial charge in [0.05, 0.1) is 24.4 Å². The van der Waals surface area contributed by atoms with Crippen LogP contribution in [0.25, 0.3) is 0 Å². The Bertz CT molecular complexity index is 1160. The van der Waals surface area contributed by atoms with Crippen molar-refractivity contribution in [3.05, 3.63) is 92.9 Å². The molecule has 5 rings (SSSR count). The maximum atomic E-state index is 6.15. The molecule has 4 aliphatic rings. The van der Waals surface area contributed by atoms with Gasteiger partial charge in [0.1, 0.15) is 0 Å². The second-order valence-corrected chi connectivity index (χ2v) is 12.3. The Morgan fingerprint density at radius 1 is 1.16 bits per heavy atom. The molecule has 0 saturated carbocycles. The Morgan fingerprint density at radius 2 is 1.97 bits per heavy atom. The molecule has 0 radical (unpaired) electrons. The van der Waals surface area contributed by atoms with Crippen molar-refractivity contribution < 1.29 is 4.74 Å². The molecule has 0 amide bonds. The molecule has 2 heterocycles. The van der Waals surface area contributed by atoms with Gasteiger partial charge in [-0.1, -0.05) is 61.4 Å². The van der Waals surface area contributed by atoms with Crippen molar-refractivity contribution in [3.8, 4) is 0 Å². The van der Waals surface area contributed by atoms with E-state index in [4.69, 9.17) is 29.0 Å². The predicted octanol–water partition coefficient (Wildman–Crippen LogP) is 6.90. The highest BCUT2D eigenvalue weighted by molar-refractivity contribution is 7.80. The predicted molar refractivity (Wildman–Crippen MR) is 163 cm³/mol. The summed E-state index contributed by atoms with van der Waals surface area (Å²) in [5.41, 5.74) is 8.53. The van der Waals surface area contributed by atoms with Gasteiger partial charge < -0.3 is 15.4 Å². The van der Waals surface area contributed by atoms with E-state index in [9.17, 15) is 0 Å². The molecule has 0 aromatic heterocycles. The second-order valence-electron chi connectivity index (χ2n) is 11.3. The van der Waals surface area contributed by atoms with E-state index in [0.717, 1.165) is 69.1 Å². The van der Waals surface area contributed by atoms with Crippen LogP contribution in [0.15, 0.2) is 82.3 Å². The molecule has 3 unspecified atom stereocenters. The fourth-order valence-corrected chi connectivity index (χ4v) is 6.58. The highest BCUT2D eigenvalue weighted by atomic mass is 35.5. The van der Waals surface area contributed by atoms with Gasteiger partial charge in [0, 0.05) is 41.5 Å². The Balaban J connectivity index is 1.35. The van der Waals surface area contributed by atoms with Crippen LogP contribution in [0.1, 0.15) is 63.7 Å². The molecule has 204 valence electrons. The van der Waals surface area contributed by atoms with E-state index in [1.54, 1.807) is 0 Å². The average molecular weight is 552 g/mol. The fourth-order valence-electron chi connectivity index (χ4n) is 6.07. The number of thiol groups is 1. The number of hydrogen-bond donors (Lipinski definition) is 3. The van der Waals surface area contributed by atoms with Crippen molar-refractivity contribution >= 4 is 24.2 Å². The molecule has 4 nitrogen and oxygen atoms in total. The lowest BCUT2D eigenvalue weighted by Crippen LogP contribution is -2.46. The minimum atomic E-state index is 0.127. The van der Waals surface area contributed by atoms with Crippen LogP contribution in [0.5, 0.6) is 0 Å². The third kappa shape index (κ3) is 6.44. The van der Waals surface area contributed by atoms with Crippen molar-refractivity contribution in [1.29, 1.82) is 0 Å². The number of hydrogen-bond acceptors (Lipinski definition) is 5. The summed E-state index contributed by atoms with van der Waals surface area (Å²) in [4.78, 5) is 2.64. The number of rotatable bonds is 10. The number of halogens is 1. The first-order valence-corrected chi connectivity index (χ1v) is 15.1. The Kier molecular flexibility index (Phi) is 9.10. The minimum Gasteiger partial charge on any atom is -0.498 e. The van der Waals surface area contributed by atoms with E-state index >= 15 is 0 Å². The molecule has 3 atom stereocenters. The number of ether oxygens (including phenoxy) is 1. The van der Waals surface area contributed by atoms with Gasteiger partial charge in [-0.15, -0.1) is 0 Å². The topological polar surface area (TPSA) is 36.5 Å². The van der Waals surface area contributed by atoms with Crippen LogP contribution in [0.3, 0.4) is 0 Å². The van der Waals surface area contributed by atoms with Crippen molar-refractivity contribution in [2.45, 2.75) is 76.3 Å². The first-order valence-electron chi connectivity index (χ1n) is 14.2. The summed E-state index contributed by atoms with van der Waals surface area (Å²) in [6.45, 7) is 10.3. The lowest BCUT2D eigenvalue weighted by molar-refractivity contribution is 0.191. The number of nitrogens with zero attached hydrogens (tertiary/aromatic N) is 1. The molecule has 1 aromatic rings. The van der Waals surface area contributed by atoms with Crippen molar-refractivity contribution in [3.63, 3.8) is 0 Å². The summed E-state index contributed by atoms with van der Waals surface area (Å²) in [7, 11) is 0. The molecule has 38 heavy (non-hydrogen) atoms. The van der Waals surface area contributed by atoms with Crippen LogP contribution in [0.4, 0.5) is 0 Å². The number of fused-ring (bicyclic) bond motifs is 2. The van der Waals surface area contributed by atoms with E-state index in [2.05, 4.69) is 72.7 Å². The normalized spacial score (nSPS) is 24.2. The van der Waals surface area contributed by atoms with Gasteiger partial charge in [-0.25, -0.2) is 0 Å². The lowest BCUT2D eigenvalue weighted by Gasteiger charge is -2.40. The minimum absolute atomic E-state index is 0.127. The average Bonchev–Trinajstić information content (AvgIpc) is 3.26. The Morgan fingerprint density at radius 3 is 2.71 bits per heavy atom. The molecule has 0 saturated heterocycles.